The lowest BCUT2D eigenvalue weighted by Crippen LogP contribution is -2.15. The lowest BCUT2D eigenvalue weighted by molar-refractivity contribution is -0.153. The van der Waals surface area contributed by atoms with Crippen molar-refractivity contribution in [3.8, 4) is 11.5 Å². The van der Waals surface area contributed by atoms with Gasteiger partial charge < -0.3 is 20.1 Å². The van der Waals surface area contributed by atoms with Gasteiger partial charge >= 0.3 is 5.97 Å². The average molecular weight is 212 g/mol. The van der Waals surface area contributed by atoms with Crippen LogP contribution < -0.4 is 0 Å². The standard InChI is InChI=1S/C10H12O5/c1-2-15-10(14)9(13)6-3-4-7(11)8(12)5-6/h3-5,9,11-13H,2H2,1H3/t9-/m1/s1. The van der Waals surface area contributed by atoms with Gasteiger partial charge in [0, 0.05) is 0 Å². The summed E-state index contributed by atoms with van der Waals surface area (Å²) in [5, 5.41) is 27.6. The predicted octanol–water partition coefficient (Wildman–Crippen LogP) is 0.694. The number of carbonyl (C=O) groups excluding carboxylic acids is 1. The fraction of sp³-hybridized carbons (Fsp3) is 0.300. The van der Waals surface area contributed by atoms with Gasteiger partial charge in [0.15, 0.2) is 17.6 Å². The summed E-state index contributed by atoms with van der Waals surface area (Å²) in [6.45, 7) is 1.79. The number of carbonyl (C=O) groups is 1. The maximum absolute atomic E-state index is 11.1. The van der Waals surface area contributed by atoms with Crippen molar-refractivity contribution in [2.45, 2.75) is 13.0 Å². The molecule has 1 atom stereocenters. The number of phenolic OH excluding ortho intramolecular Hbond substituents is 2. The normalized spacial score (nSPS) is 12.1. The first-order valence-electron chi connectivity index (χ1n) is 4.42. The monoisotopic (exact) mass is 212 g/mol. The third kappa shape index (κ3) is 2.60. The maximum atomic E-state index is 11.1. The minimum atomic E-state index is -1.45. The Balaban J connectivity index is 2.86. The van der Waals surface area contributed by atoms with Crippen LogP contribution in [0.3, 0.4) is 0 Å². The van der Waals surface area contributed by atoms with E-state index in [0.717, 1.165) is 6.07 Å². The molecule has 1 aromatic rings. The topological polar surface area (TPSA) is 87.0 Å². The van der Waals surface area contributed by atoms with Crippen LogP contribution in [0.2, 0.25) is 0 Å². The molecule has 0 fully saturated rings. The molecule has 0 aromatic heterocycles. The summed E-state index contributed by atoms with van der Waals surface area (Å²) in [6, 6.07) is 3.63. The van der Waals surface area contributed by atoms with Crippen molar-refractivity contribution < 1.29 is 24.9 Å². The lowest BCUT2D eigenvalue weighted by Gasteiger charge is -2.10. The zero-order valence-corrected chi connectivity index (χ0v) is 8.17. The molecule has 0 saturated carbocycles. The van der Waals surface area contributed by atoms with Crippen LogP contribution in [0, 0.1) is 0 Å². The smallest absolute Gasteiger partial charge is 0.339 e. The fourth-order valence-corrected chi connectivity index (χ4v) is 1.07. The number of hydrogen-bond acceptors (Lipinski definition) is 5. The van der Waals surface area contributed by atoms with E-state index in [9.17, 15) is 9.90 Å². The molecule has 0 heterocycles. The van der Waals surface area contributed by atoms with Crippen molar-refractivity contribution in [1.82, 2.24) is 0 Å². The number of aliphatic hydroxyl groups is 1. The third-order valence-electron chi connectivity index (χ3n) is 1.83. The van der Waals surface area contributed by atoms with Crippen molar-refractivity contribution in [2.75, 3.05) is 6.61 Å². The van der Waals surface area contributed by atoms with E-state index in [2.05, 4.69) is 4.74 Å². The minimum absolute atomic E-state index is 0.167. The molecule has 0 spiro atoms. The highest BCUT2D eigenvalue weighted by molar-refractivity contribution is 5.76. The van der Waals surface area contributed by atoms with Gasteiger partial charge in [-0.15, -0.1) is 0 Å². The van der Waals surface area contributed by atoms with Crippen LogP contribution in [0.15, 0.2) is 18.2 Å². The Morgan fingerprint density at radius 1 is 1.40 bits per heavy atom. The number of ether oxygens (including phenoxy) is 1. The Kier molecular flexibility index (Phi) is 3.51. The molecule has 0 amide bonds. The molecule has 1 aromatic carbocycles. The van der Waals surface area contributed by atoms with Gasteiger partial charge in [-0.3, -0.25) is 0 Å². The molecule has 5 nitrogen and oxygen atoms in total. The molecule has 15 heavy (non-hydrogen) atoms. The van der Waals surface area contributed by atoms with Crippen LogP contribution in [0.1, 0.15) is 18.6 Å². The minimum Gasteiger partial charge on any atom is -0.504 e. The Morgan fingerprint density at radius 2 is 2.07 bits per heavy atom. The molecule has 0 aliphatic rings. The predicted molar refractivity (Wildman–Crippen MR) is 51.4 cm³/mol. The zero-order chi connectivity index (χ0) is 11.4. The zero-order valence-electron chi connectivity index (χ0n) is 8.17. The first kappa shape index (κ1) is 11.3. The van der Waals surface area contributed by atoms with Gasteiger partial charge in [0.05, 0.1) is 6.61 Å². The molecule has 0 saturated heterocycles. The quantitative estimate of drug-likeness (QED) is 0.507. The average Bonchev–Trinajstić information content (AvgIpc) is 2.21. The van der Waals surface area contributed by atoms with Crippen LogP contribution in [0.25, 0.3) is 0 Å². The van der Waals surface area contributed by atoms with Gasteiger partial charge in [-0.25, -0.2) is 4.79 Å². The van der Waals surface area contributed by atoms with E-state index in [-0.39, 0.29) is 17.9 Å². The number of benzene rings is 1. The second kappa shape index (κ2) is 4.65. The lowest BCUT2D eigenvalue weighted by atomic mass is 10.1. The van der Waals surface area contributed by atoms with Crippen LogP contribution in [0.5, 0.6) is 11.5 Å². The van der Waals surface area contributed by atoms with E-state index in [0.29, 0.717) is 0 Å². The van der Waals surface area contributed by atoms with Crippen LogP contribution >= 0.6 is 0 Å². The van der Waals surface area contributed by atoms with E-state index in [1.807, 2.05) is 0 Å². The fourth-order valence-electron chi connectivity index (χ4n) is 1.07. The van der Waals surface area contributed by atoms with Gasteiger partial charge in [0.2, 0.25) is 0 Å². The van der Waals surface area contributed by atoms with E-state index in [4.69, 9.17) is 10.2 Å². The molecule has 82 valence electrons. The number of aromatic hydroxyl groups is 2. The second-order valence-electron chi connectivity index (χ2n) is 2.90. The molecule has 1 rings (SSSR count). The van der Waals surface area contributed by atoms with Crippen molar-refractivity contribution >= 4 is 5.97 Å². The van der Waals surface area contributed by atoms with E-state index in [1.165, 1.54) is 12.1 Å². The van der Waals surface area contributed by atoms with Crippen LogP contribution in [-0.4, -0.2) is 27.9 Å². The van der Waals surface area contributed by atoms with Crippen LogP contribution in [-0.2, 0) is 9.53 Å². The van der Waals surface area contributed by atoms with E-state index >= 15 is 0 Å². The van der Waals surface area contributed by atoms with Gasteiger partial charge in [-0.1, -0.05) is 6.07 Å². The summed E-state index contributed by atoms with van der Waals surface area (Å²) in [7, 11) is 0. The van der Waals surface area contributed by atoms with E-state index in [1.54, 1.807) is 6.92 Å². The number of phenols is 2. The van der Waals surface area contributed by atoms with E-state index < -0.39 is 17.8 Å². The van der Waals surface area contributed by atoms with Crippen molar-refractivity contribution in [2.24, 2.45) is 0 Å². The highest BCUT2D eigenvalue weighted by atomic mass is 16.5. The van der Waals surface area contributed by atoms with Crippen molar-refractivity contribution in [1.29, 1.82) is 0 Å². The van der Waals surface area contributed by atoms with Crippen LogP contribution in [0.4, 0.5) is 0 Å². The molecule has 5 heteroatoms. The summed E-state index contributed by atoms with van der Waals surface area (Å²) in [5.74, 6) is -1.49. The number of aliphatic hydroxyl groups excluding tert-OH is 1. The van der Waals surface area contributed by atoms with Crippen molar-refractivity contribution in [3.63, 3.8) is 0 Å². The largest absolute Gasteiger partial charge is 0.504 e. The SMILES string of the molecule is CCOC(=O)[C@H](O)c1ccc(O)c(O)c1. The first-order chi connectivity index (χ1) is 7.06. The number of esters is 1. The Bertz CT molecular complexity index is 361. The first-order valence-corrected chi connectivity index (χ1v) is 4.42. The molecule has 0 bridgehead atoms. The molecular weight excluding hydrogens is 200 g/mol. The summed E-state index contributed by atoms with van der Waals surface area (Å²) in [4.78, 5) is 11.1. The second-order valence-corrected chi connectivity index (χ2v) is 2.90. The van der Waals surface area contributed by atoms with Crippen molar-refractivity contribution in [3.05, 3.63) is 23.8 Å². The highest BCUT2D eigenvalue weighted by Crippen LogP contribution is 2.28. The maximum Gasteiger partial charge on any atom is 0.339 e. The highest BCUT2D eigenvalue weighted by Gasteiger charge is 2.19. The number of hydrogen-bond donors (Lipinski definition) is 3. The van der Waals surface area contributed by atoms with Gasteiger partial charge in [-0.05, 0) is 24.6 Å². The number of rotatable bonds is 3. The Morgan fingerprint density at radius 3 is 2.60 bits per heavy atom. The summed E-state index contributed by atoms with van der Waals surface area (Å²) < 4.78 is 4.60. The van der Waals surface area contributed by atoms with Gasteiger partial charge in [-0.2, -0.15) is 0 Å². The molecule has 0 radical (unpaired) electrons. The summed E-state index contributed by atoms with van der Waals surface area (Å²) in [6.07, 6.45) is -1.45. The molecule has 0 aliphatic heterocycles. The van der Waals surface area contributed by atoms with Gasteiger partial charge in [0.25, 0.3) is 0 Å². The summed E-state index contributed by atoms with van der Waals surface area (Å²) >= 11 is 0. The third-order valence-corrected chi connectivity index (χ3v) is 1.83. The Hall–Kier alpha value is -1.75. The molecule has 0 aliphatic carbocycles. The summed E-state index contributed by atoms with van der Waals surface area (Å²) in [5.41, 5.74) is 0.170. The molecule has 3 N–H and O–H groups in total. The molecular formula is C10H12O5. The molecule has 0 unspecified atom stereocenters. The Labute approximate surface area is 86.5 Å². The van der Waals surface area contributed by atoms with Gasteiger partial charge in [0.1, 0.15) is 0 Å².